The summed E-state index contributed by atoms with van der Waals surface area (Å²) in [4.78, 5) is 16.9. The minimum absolute atomic E-state index is 0.00944. The van der Waals surface area contributed by atoms with Gasteiger partial charge in [0.25, 0.3) is 5.56 Å². The Morgan fingerprint density at radius 2 is 0.778 bits per heavy atom. The molecule has 0 fully saturated rings. The summed E-state index contributed by atoms with van der Waals surface area (Å²) in [7, 11) is 0. The third kappa shape index (κ3) is 3.59. The van der Waals surface area contributed by atoms with Gasteiger partial charge in [-0.25, -0.2) is 0 Å². The predicted molar refractivity (Wildman–Crippen MR) is 221 cm³/mol. The number of aromatic nitrogens is 2. The van der Waals surface area contributed by atoms with Crippen LogP contribution in [0.3, 0.4) is 0 Å². The van der Waals surface area contributed by atoms with Gasteiger partial charge in [-0.15, -0.1) is 0 Å². The average Bonchev–Trinajstić information content (AvgIpc) is 3.58. The molecule has 8 aromatic carbocycles. The van der Waals surface area contributed by atoms with Crippen molar-refractivity contribution in [3.05, 3.63) is 221 Å². The van der Waals surface area contributed by atoms with Gasteiger partial charge < -0.3 is 9.47 Å². The van der Waals surface area contributed by atoms with Gasteiger partial charge in [0.05, 0.1) is 39.0 Å². The Morgan fingerprint density at radius 1 is 0.333 bits per heavy atom. The monoisotopic (exact) mass is 689 g/mol. The molecule has 4 heteroatoms. The van der Waals surface area contributed by atoms with E-state index in [2.05, 4.69) is 179 Å². The zero-order valence-electron chi connectivity index (χ0n) is 29.1. The molecule has 2 aliphatic heterocycles. The van der Waals surface area contributed by atoms with E-state index in [0.29, 0.717) is 0 Å². The van der Waals surface area contributed by atoms with Crippen LogP contribution in [0.1, 0.15) is 22.3 Å². The van der Waals surface area contributed by atoms with Crippen LogP contribution in [0.2, 0.25) is 0 Å². The van der Waals surface area contributed by atoms with Gasteiger partial charge in [0.15, 0.2) is 0 Å². The van der Waals surface area contributed by atoms with Crippen molar-refractivity contribution in [2.45, 2.75) is 5.41 Å². The number of rotatable bonds is 2. The highest BCUT2D eigenvalue weighted by atomic mass is 16.1. The van der Waals surface area contributed by atoms with Crippen molar-refractivity contribution in [3.63, 3.8) is 0 Å². The molecule has 10 aromatic rings. The third-order valence-corrected chi connectivity index (χ3v) is 11.9. The number of benzene rings is 8. The Bertz CT molecular complexity index is 3160. The second-order valence-corrected chi connectivity index (χ2v) is 14.4. The molecule has 0 unspecified atom stereocenters. The molecular weight excluding hydrogens is 659 g/mol. The molecule has 1 spiro atoms. The standard InChI is InChI=1S/C50H31N3O/c54-49-38-17-2-1-14-34(38)37-18-13-22-42-48(37)53(49)47-27-12-7-21-41(47)50(42)39-19-5-10-25-45(39)52(46-26-11-6-20-40(46)50)33-30-28-32(29-31-33)51-43-23-8-3-15-35(43)36-16-4-9-24-44(36)51/h1-31H. The molecule has 4 nitrogen and oxygen atoms in total. The Labute approximate surface area is 311 Å². The molecule has 0 amide bonds. The lowest BCUT2D eigenvalue weighted by Crippen LogP contribution is -2.42. The van der Waals surface area contributed by atoms with Crippen molar-refractivity contribution in [1.29, 1.82) is 0 Å². The van der Waals surface area contributed by atoms with Crippen LogP contribution in [0, 0.1) is 0 Å². The van der Waals surface area contributed by atoms with Gasteiger partial charge in [-0.3, -0.25) is 9.36 Å². The Kier molecular flexibility index (Phi) is 5.82. The largest absolute Gasteiger partial charge is 0.310 e. The molecule has 0 saturated carbocycles. The first-order valence-electron chi connectivity index (χ1n) is 18.5. The van der Waals surface area contributed by atoms with Gasteiger partial charge in [-0.05, 0) is 88.3 Å². The van der Waals surface area contributed by atoms with Crippen LogP contribution in [0.15, 0.2) is 193 Å². The molecular formula is C50H31N3O. The van der Waals surface area contributed by atoms with Crippen LogP contribution in [0.25, 0.3) is 54.9 Å². The minimum atomic E-state index is -0.683. The van der Waals surface area contributed by atoms with Crippen molar-refractivity contribution in [1.82, 2.24) is 9.13 Å². The summed E-state index contributed by atoms with van der Waals surface area (Å²) in [6.07, 6.45) is 0. The van der Waals surface area contributed by atoms with E-state index in [9.17, 15) is 4.79 Å². The summed E-state index contributed by atoms with van der Waals surface area (Å²) < 4.78 is 4.34. The van der Waals surface area contributed by atoms with E-state index < -0.39 is 5.41 Å². The second-order valence-electron chi connectivity index (χ2n) is 14.4. The molecule has 12 rings (SSSR count). The van der Waals surface area contributed by atoms with E-state index in [-0.39, 0.29) is 5.56 Å². The predicted octanol–water partition coefficient (Wildman–Crippen LogP) is 11.7. The van der Waals surface area contributed by atoms with Crippen molar-refractivity contribution < 1.29 is 0 Å². The van der Waals surface area contributed by atoms with Crippen LogP contribution in [0.4, 0.5) is 17.1 Å². The Balaban J connectivity index is 1.13. The van der Waals surface area contributed by atoms with Crippen LogP contribution in [-0.2, 0) is 5.41 Å². The molecule has 0 N–H and O–H groups in total. The van der Waals surface area contributed by atoms with E-state index >= 15 is 0 Å². The fourth-order valence-corrected chi connectivity index (χ4v) is 9.85. The van der Waals surface area contributed by atoms with E-state index in [4.69, 9.17) is 0 Å². The summed E-state index contributed by atoms with van der Waals surface area (Å²) in [5, 5.41) is 5.29. The summed E-state index contributed by atoms with van der Waals surface area (Å²) in [6.45, 7) is 0. The van der Waals surface area contributed by atoms with Gasteiger partial charge in [0, 0.05) is 32.9 Å². The molecule has 2 aromatic heterocycles. The van der Waals surface area contributed by atoms with E-state index in [0.717, 1.165) is 61.2 Å². The maximum absolute atomic E-state index is 14.5. The number of hydrogen-bond donors (Lipinski definition) is 0. The summed E-state index contributed by atoms with van der Waals surface area (Å²) in [5.74, 6) is 0. The molecule has 0 bridgehead atoms. The minimum Gasteiger partial charge on any atom is -0.310 e. The molecule has 0 atom stereocenters. The lowest BCUT2D eigenvalue weighted by atomic mass is 9.60. The lowest BCUT2D eigenvalue weighted by Gasteiger charge is -2.49. The van der Waals surface area contributed by atoms with Gasteiger partial charge in [0.2, 0.25) is 0 Å². The molecule has 0 aliphatic carbocycles. The zero-order chi connectivity index (χ0) is 35.5. The number of fused-ring (bicyclic) bond motifs is 13. The molecule has 0 saturated heterocycles. The number of nitrogens with zero attached hydrogens (tertiary/aromatic N) is 3. The Hall–Kier alpha value is -7.17. The van der Waals surface area contributed by atoms with Gasteiger partial charge in [-0.1, -0.05) is 127 Å². The van der Waals surface area contributed by atoms with Crippen LogP contribution < -0.4 is 10.5 Å². The number of para-hydroxylation sites is 6. The first-order valence-corrected chi connectivity index (χ1v) is 18.5. The fourth-order valence-electron chi connectivity index (χ4n) is 9.85. The van der Waals surface area contributed by atoms with E-state index in [1.54, 1.807) is 0 Å². The van der Waals surface area contributed by atoms with Crippen LogP contribution >= 0.6 is 0 Å². The molecule has 2 aliphatic rings. The first-order chi connectivity index (χ1) is 26.7. The highest BCUT2D eigenvalue weighted by Crippen LogP contribution is 2.61. The van der Waals surface area contributed by atoms with Crippen molar-refractivity contribution in [2.24, 2.45) is 0 Å². The average molecular weight is 690 g/mol. The third-order valence-electron chi connectivity index (χ3n) is 11.9. The molecule has 0 radical (unpaired) electrons. The van der Waals surface area contributed by atoms with Crippen molar-refractivity contribution in [3.8, 4) is 11.4 Å². The molecule has 252 valence electrons. The number of hydrogen-bond acceptors (Lipinski definition) is 2. The highest BCUT2D eigenvalue weighted by molar-refractivity contribution is 6.10. The first kappa shape index (κ1) is 29.4. The molecule has 54 heavy (non-hydrogen) atoms. The van der Waals surface area contributed by atoms with Crippen LogP contribution in [0.5, 0.6) is 0 Å². The van der Waals surface area contributed by atoms with Gasteiger partial charge in [0.1, 0.15) is 0 Å². The maximum atomic E-state index is 14.5. The summed E-state index contributed by atoms with van der Waals surface area (Å²) >= 11 is 0. The number of anilines is 3. The number of pyridine rings is 1. The van der Waals surface area contributed by atoms with Crippen molar-refractivity contribution >= 4 is 60.5 Å². The summed E-state index contributed by atoms with van der Waals surface area (Å²) in [5.41, 5.74) is 12.6. The topological polar surface area (TPSA) is 30.2 Å². The zero-order valence-corrected chi connectivity index (χ0v) is 29.1. The molecule has 4 heterocycles. The SMILES string of the molecule is O=c1c2ccccc2c2cccc3c2n1-c1ccccc1C31c2ccccc2N(c2ccc(-n3c4ccccc4c4ccccc43)cc2)c2ccccc21. The fraction of sp³-hybridized carbons (Fsp3) is 0.0200. The van der Waals surface area contributed by atoms with Gasteiger partial charge >= 0.3 is 0 Å². The van der Waals surface area contributed by atoms with Crippen molar-refractivity contribution in [2.75, 3.05) is 4.90 Å². The second kappa shape index (κ2) is 10.7. The normalized spacial score (nSPS) is 13.7. The highest BCUT2D eigenvalue weighted by Gasteiger charge is 2.50. The smallest absolute Gasteiger partial charge is 0.263 e. The van der Waals surface area contributed by atoms with Crippen LogP contribution in [-0.4, -0.2) is 9.13 Å². The lowest BCUT2D eigenvalue weighted by molar-refractivity contribution is 0.709. The quantitative estimate of drug-likeness (QED) is 0.169. The Morgan fingerprint density at radius 3 is 1.41 bits per heavy atom. The van der Waals surface area contributed by atoms with E-state index in [1.165, 1.54) is 32.9 Å². The maximum Gasteiger partial charge on any atom is 0.263 e. The summed E-state index contributed by atoms with van der Waals surface area (Å²) in [6, 6.07) is 67.1. The van der Waals surface area contributed by atoms with Gasteiger partial charge in [-0.2, -0.15) is 0 Å². The van der Waals surface area contributed by atoms with E-state index in [1.807, 2.05) is 22.8 Å².